The number of carbonyl (C=O) groups excluding carboxylic acids is 1. The molecule has 2 nitrogen and oxygen atoms in total. The van der Waals surface area contributed by atoms with E-state index in [9.17, 15) is 9.90 Å². The Morgan fingerprint density at radius 1 is 1.05 bits per heavy atom. The van der Waals surface area contributed by atoms with E-state index >= 15 is 0 Å². The lowest BCUT2D eigenvalue weighted by molar-refractivity contribution is 0.0978. The summed E-state index contributed by atoms with van der Waals surface area (Å²) in [7, 11) is 0. The number of phenols is 1. The molecule has 0 aliphatic carbocycles. The number of hydrogen-bond acceptors (Lipinski definition) is 2. The molecule has 0 bridgehead atoms. The number of carbonyl (C=O) groups is 1. The van der Waals surface area contributed by atoms with Crippen LogP contribution in [0.5, 0.6) is 5.75 Å². The zero-order valence-corrected chi connectivity index (χ0v) is 13.9. The second kappa shape index (κ2) is 5.59. The molecule has 0 saturated heterocycles. The fourth-order valence-electron chi connectivity index (χ4n) is 2.21. The van der Waals surface area contributed by atoms with Crippen LogP contribution in [0.4, 0.5) is 0 Å². The molecule has 2 heteroatoms. The minimum absolute atomic E-state index is 0.0293. The molecule has 1 rings (SSSR count). The number of Topliss-reactive ketones (excluding diaryl/α,β-unsaturated/α-hetero) is 1. The largest absolute Gasteiger partial charge is 0.507 e. The predicted octanol–water partition coefficient (Wildman–Crippen LogP) is 4.97. The van der Waals surface area contributed by atoms with Gasteiger partial charge in [-0.3, -0.25) is 4.79 Å². The molecule has 0 aliphatic rings. The summed E-state index contributed by atoms with van der Waals surface area (Å²) in [6.45, 7) is 14.5. The van der Waals surface area contributed by atoms with E-state index in [0.717, 1.165) is 17.5 Å². The molecule has 112 valence electrons. The van der Waals surface area contributed by atoms with Crippen LogP contribution in [-0.4, -0.2) is 10.9 Å². The Morgan fingerprint density at radius 2 is 1.60 bits per heavy atom. The summed E-state index contributed by atoms with van der Waals surface area (Å²) in [5.74, 6) is 0.186. The minimum Gasteiger partial charge on any atom is -0.507 e. The lowest BCUT2D eigenvalue weighted by Gasteiger charge is -2.27. The van der Waals surface area contributed by atoms with Crippen LogP contribution in [0.25, 0.3) is 0 Å². The molecule has 0 atom stereocenters. The van der Waals surface area contributed by atoms with Gasteiger partial charge in [-0.15, -0.1) is 0 Å². The van der Waals surface area contributed by atoms with Gasteiger partial charge < -0.3 is 5.11 Å². The molecule has 0 radical (unpaired) electrons. The Labute approximate surface area is 123 Å². The first kappa shape index (κ1) is 16.7. The van der Waals surface area contributed by atoms with Crippen molar-refractivity contribution in [1.82, 2.24) is 0 Å². The van der Waals surface area contributed by atoms with Crippen LogP contribution in [0, 0.1) is 0 Å². The molecule has 1 N–H and O–H groups in total. The van der Waals surface area contributed by atoms with Crippen molar-refractivity contribution in [3.8, 4) is 5.75 Å². The van der Waals surface area contributed by atoms with Gasteiger partial charge >= 0.3 is 0 Å². The summed E-state index contributed by atoms with van der Waals surface area (Å²) < 4.78 is 0. The maximum Gasteiger partial charge on any atom is 0.166 e. The Bertz CT molecular complexity index is 499. The molecule has 0 fully saturated rings. The van der Waals surface area contributed by atoms with E-state index in [1.807, 2.05) is 19.1 Å². The van der Waals surface area contributed by atoms with Crippen LogP contribution in [0.3, 0.4) is 0 Å². The summed E-state index contributed by atoms with van der Waals surface area (Å²) in [6.07, 6.45) is 1.27. The molecular formula is C18H28O2. The quantitative estimate of drug-likeness (QED) is 0.791. The van der Waals surface area contributed by atoms with Gasteiger partial charge in [0.15, 0.2) is 5.78 Å². The van der Waals surface area contributed by atoms with E-state index < -0.39 is 0 Å². The van der Waals surface area contributed by atoms with Crippen molar-refractivity contribution in [1.29, 1.82) is 0 Å². The van der Waals surface area contributed by atoms with Gasteiger partial charge in [0.05, 0.1) is 5.56 Å². The zero-order chi connectivity index (χ0) is 15.7. The topological polar surface area (TPSA) is 37.3 Å². The highest BCUT2D eigenvalue weighted by Crippen LogP contribution is 2.38. The Kier molecular flexibility index (Phi) is 4.68. The fourth-order valence-corrected chi connectivity index (χ4v) is 2.21. The van der Waals surface area contributed by atoms with Crippen LogP contribution in [-0.2, 0) is 10.8 Å². The second-order valence-electron chi connectivity index (χ2n) is 7.59. The van der Waals surface area contributed by atoms with Crippen molar-refractivity contribution in [2.75, 3.05) is 0 Å². The molecule has 0 spiro atoms. The summed E-state index contributed by atoms with van der Waals surface area (Å²) in [5, 5.41) is 10.5. The van der Waals surface area contributed by atoms with Crippen LogP contribution in [0.2, 0.25) is 0 Å². The zero-order valence-electron chi connectivity index (χ0n) is 13.9. The number of ketones is 1. The highest BCUT2D eigenvalue weighted by atomic mass is 16.3. The summed E-state index contributed by atoms with van der Waals surface area (Å²) in [5.41, 5.74) is 2.19. The number of rotatable bonds is 3. The Morgan fingerprint density at radius 3 is 2.00 bits per heavy atom. The fraction of sp³-hybridized carbons (Fsp3) is 0.611. The molecule has 0 aliphatic heterocycles. The summed E-state index contributed by atoms with van der Waals surface area (Å²) in [4.78, 5) is 12.3. The maximum atomic E-state index is 12.3. The van der Waals surface area contributed by atoms with Crippen molar-refractivity contribution in [2.24, 2.45) is 0 Å². The third-order valence-corrected chi connectivity index (χ3v) is 3.56. The Balaban J connectivity index is 3.55. The average molecular weight is 276 g/mol. The maximum absolute atomic E-state index is 12.3. The third kappa shape index (κ3) is 3.62. The lowest BCUT2D eigenvalue weighted by atomic mass is 9.78. The molecule has 0 heterocycles. The molecule has 20 heavy (non-hydrogen) atoms. The van der Waals surface area contributed by atoms with Crippen molar-refractivity contribution >= 4 is 5.78 Å². The third-order valence-electron chi connectivity index (χ3n) is 3.56. The van der Waals surface area contributed by atoms with E-state index in [-0.39, 0.29) is 22.4 Å². The minimum atomic E-state index is -0.188. The van der Waals surface area contributed by atoms with Crippen molar-refractivity contribution in [3.63, 3.8) is 0 Å². The molecule has 0 amide bonds. The SMILES string of the molecule is CCCC(=O)c1cc(C(C)(C)C)cc(C(C)(C)C)c1O. The normalized spacial score (nSPS) is 12.6. The number of hydrogen-bond donors (Lipinski definition) is 1. The van der Waals surface area contributed by atoms with E-state index in [0.29, 0.717) is 12.0 Å². The summed E-state index contributed by atoms with van der Waals surface area (Å²) in [6, 6.07) is 3.90. The van der Waals surface area contributed by atoms with Crippen LogP contribution < -0.4 is 0 Å². The van der Waals surface area contributed by atoms with Crippen LogP contribution >= 0.6 is 0 Å². The molecule has 0 unspecified atom stereocenters. The number of aromatic hydroxyl groups is 1. The number of benzene rings is 1. The molecular weight excluding hydrogens is 248 g/mol. The molecule has 1 aromatic carbocycles. The van der Waals surface area contributed by atoms with E-state index in [4.69, 9.17) is 0 Å². The monoisotopic (exact) mass is 276 g/mol. The summed E-state index contributed by atoms with van der Waals surface area (Å²) >= 11 is 0. The average Bonchev–Trinajstić information content (AvgIpc) is 2.26. The van der Waals surface area contributed by atoms with Gasteiger partial charge in [0.25, 0.3) is 0 Å². The molecule has 0 aromatic heterocycles. The van der Waals surface area contributed by atoms with Crippen molar-refractivity contribution in [2.45, 2.75) is 72.1 Å². The first-order chi connectivity index (χ1) is 8.98. The van der Waals surface area contributed by atoms with Gasteiger partial charge in [-0.05, 0) is 28.9 Å². The lowest BCUT2D eigenvalue weighted by Crippen LogP contribution is -2.18. The van der Waals surface area contributed by atoms with Crippen molar-refractivity contribution < 1.29 is 9.90 Å². The standard InChI is InChI=1S/C18H28O2/c1-8-9-15(19)13-10-12(17(2,3)4)11-14(16(13)20)18(5,6)7/h10-11,20H,8-9H2,1-7H3. The van der Waals surface area contributed by atoms with Gasteiger partial charge in [-0.2, -0.15) is 0 Å². The molecule has 1 aromatic rings. The van der Waals surface area contributed by atoms with Crippen LogP contribution in [0.15, 0.2) is 12.1 Å². The highest BCUT2D eigenvalue weighted by Gasteiger charge is 2.26. The van der Waals surface area contributed by atoms with Gasteiger partial charge in [0, 0.05) is 12.0 Å². The van der Waals surface area contributed by atoms with Gasteiger partial charge in [0.1, 0.15) is 5.75 Å². The van der Waals surface area contributed by atoms with Gasteiger partial charge in [0.2, 0.25) is 0 Å². The Hall–Kier alpha value is -1.31. The van der Waals surface area contributed by atoms with Crippen molar-refractivity contribution in [3.05, 3.63) is 28.8 Å². The highest BCUT2D eigenvalue weighted by molar-refractivity contribution is 5.99. The van der Waals surface area contributed by atoms with Crippen LogP contribution in [0.1, 0.15) is 82.8 Å². The molecule has 0 saturated carbocycles. The van der Waals surface area contributed by atoms with Gasteiger partial charge in [-0.1, -0.05) is 54.5 Å². The van der Waals surface area contributed by atoms with E-state index in [1.165, 1.54) is 0 Å². The van der Waals surface area contributed by atoms with E-state index in [1.54, 1.807) is 0 Å². The number of phenolic OH excluding ortho intramolecular Hbond substituents is 1. The van der Waals surface area contributed by atoms with Gasteiger partial charge in [-0.25, -0.2) is 0 Å². The second-order valence-corrected chi connectivity index (χ2v) is 7.59. The predicted molar refractivity (Wildman–Crippen MR) is 84.7 cm³/mol. The first-order valence-electron chi connectivity index (χ1n) is 7.39. The smallest absolute Gasteiger partial charge is 0.166 e. The van der Waals surface area contributed by atoms with E-state index in [2.05, 4.69) is 41.5 Å². The first-order valence-corrected chi connectivity index (χ1v) is 7.39.